The third-order valence-electron chi connectivity index (χ3n) is 3.34. The highest BCUT2D eigenvalue weighted by molar-refractivity contribution is 5.91. The highest BCUT2D eigenvalue weighted by atomic mass is 19.4. The van der Waals surface area contributed by atoms with Crippen molar-refractivity contribution in [2.45, 2.75) is 12.4 Å². The van der Waals surface area contributed by atoms with Gasteiger partial charge in [0, 0.05) is 0 Å². The first kappa shape index (κ1) is 18.5. The van der Waals surface area contributed by atoms with Crippen LogP contribution in [0.3, 0.4) is 0 Å². The average molecular weight is 362 g/mol. The SMILES string of the molecule is O=Cc1cc(-c2cc(C(F)(F)F)cc(C(F)(F)F)c2)cc(C=O)c1O. The van der Waals surface area contributed by atoms with Gasteiger partial charge in [-0.2, -0.15) is 26.3 Å². The summed E-state index contributed by atoms with van der Waals surface area (Å²) in [5.41, 5.74) is -4.71. The Hall–Kier alpha value is -2.84. The number of hydrogen-bond acceptors (Lipinski definition) is 3. The Labute approximate surface area is 136 Å². The lowest BCUT2D eigenvalue weighted by molar-refractivity contribution is -0.143. The largest absolute Gasteiger partial charge is 0.506 e. The van der Waals surface area contributed by atoms with Crippen LogP contribution in [0.5, 0.6) is 5.75 Å². The number of hydrogen-bond donors (Lipinski definition) is 1. The molecule has 0 aliphatic heterocycles. The Kier molecular flexibility index (Phi) is 4.61. The summed E-state index contributed by atoms with van der Waals surface area (Å²) in [6, 6.07) is 2.68. The fourth-order valence-corrected chi connectivity index (χ4v) is 2.15. The second kappa shape index (κ2) is 6.23. The van der Waals surface area contributed by atoms with Crippen LogP contribution in [0.2, 0.25) is 0 Å². The summed E-state index contributed by atoms with van der Waals surface area (Å²) in [5, 5.41) is 9.61. The minimum Gasteiger partial charge on any atom is -0.506 e. The first-order valence-electron chi connectivity index (χ1n) is 6.54. The Morgan fingerprint density at radius 2 is 1.04 bits per heavy atom. The van der Waals surface area contributed by atoms with Gasteiger partial charge in [0.2, 0.25) is 0 Å². The number of phenols is 1. The van der Waals surface area contributed by atoms with E-state index in [1.165, 1.54) is 0 Å². The number of aldehydes is 2. The minimum absolute atomic E-state index is 0.0365. The normalized spacial score (nSPS) is 12.1. The summed E-state index contributed by atoms with van der Waals surface area (Å²) in [7, 11) is 0. The first-order valence-corrected chi connectivity index (χ1v) is 6.54. The summed E-state index contributed by atoms with van der Waals surface area (Å²) in [5.74, 6) is -0.711. The van der Waals surface area contributed by atoms with Crippen molar-refractivity contribution in [1.29, 1.82) is 0 Å². The smallest absolute Gasteiger partial charge is 0.416 e. The lowest BCUT2D eigenvalue weighted by atomic mass is 9.96. The van der Waals surface area contributed by atoms with Gasteiger partial charge in [0.15, 0.2) is 12.6 Å². The number of alkyl halides is 6. The van der Waals surface area contributed by atoms with Crippen LogP contribution < -0.4 is 0 Å². The topological polar surface area (TPSA) is 54.4 Å². The highest BCUT2D eigenvalue weighted by Crippen LogP contribution is 2.39. The Balaban J connectivity index is 2.78. The van der Waals surface area contributed by atoms with Crippen LogP contribution in [-0.4, -0.2) is 17.7 Å². The third kappa shape index (κ3) is 3.81. The van der Waals surface area contributed by atoms with Gasteiger partial charge in [-0.25, -0.2) is 0 Å². The van der Waals surface area contributed by atoms with Crippen LogP contribution in [0.4, 0.5) is 26.3 Å². The monoisotopic (exact) mass is 362 g/mol. The molecule has 0 amide bonds. The molecule has 132 valence electrons. The molecule has 2 rings (SSSR count). The fourth-order valence-electron chi connectivity index (χ4n) is 2.15. The van der Waals surface area contributed by atoms with E-state index < -0.39 is 45.9 Å². The zero-order valence-corrected chi connectivity index (χ0v) is 12.1. The molecule has 0 atom stereocenters. The molecule has 0 saturated heterocycles. The van der Waals surface area contributed by atoms with Gasteiger partial charge in [-0.3, -0.25) is 9.59 Å². The molecule has 2 aromatic carbocycles. The Bertz CT molecular complexity index is 775. The van der Waals surface area contributed by atoms with Crippen molar-refractivity contribution in [1.82, 2.24) is 0 Å². The van der Waals surface area contributed by atoms with Gasteiger partial charge in [0.05, 0.1) is 22.3 Å². The zero-order valence-electron chi connectivity index (χ0n) is 12.1. The van der Waals surface area contributed by atoms with Crippen molar-refractivity contribution in [2.24, 2.45) is 0 Å². The van der Waals surface area contributed by atoms with E-state index in [-0.39, 0.29) is 24.2 Å². The van der Waals surface area contributed by atoms with Crippen LogP contribution in [-0.2, 0) is 12.4 Å². The van der Waals surface area contributed by atoms with Crippen molar-refractivity contribution in [3.05, 3.63) is 52.6 Å². The van der Waals surface area contributed by atoms with Gasteiger partial charge >= 0.3 is 12.4 Å². The quantitative estimate of drug-likeness (QED) is 0.635. The molecule has 9 heteroatoms. The lowest BCUT2D eigenvalue weighted by Gasteiger charge is -2.15. The Morgan fingerprint density at radius 3 is 1.36 bits per heavy atom. The van der Waals surface area contributed by atoms with E-state index in [4.69, 9.17) is 0 Å². The number of phenolic OH excluding ortho intramolecular Hbond substituents is 1. The van der Waals surface area contributed by atoms with Crippen LogP contribution in [0.25, 0.3) is 11.1 Å². The standard InChI is InChI=1S/C16H8F6O3/c17-15(18,19)12-3-9(4-13(5-12)16(20,21)22)8-1-10(6-23)14(25)11(2-8)7-24/h1-7,25H. The minimum atomic E-state index is -5.03. The number of carbonyl (C=O) groups excluding carboxylic acids is 2. The van der Waals surface area contributed by atoms with E-state index in [9.17, 15) is 41.0 Å². The van der Waals surface area contributed by atoms with E-state index in [0.717, 1.165) is 12.1 Å². The van der Waals surface area contributed by atoms with Crippen molar-refractivity contribution in [2.75, 3.05) is 0 Å². The van der Waals surface area contributed by atoms with E-state index in [1.807, 2.05) is 0 Å². The molecule has 0 bridgehead atoms. The van der Waals surface area contributed by atoms with Gasteiger partial charge in [-0.15, -0.1) is 0 Å². The van der Waals surface area contributed by atoms with Gasteiger partial charge in [0.25, 0.3) is 0 Å². The molecular weight excluding hydrogens is 354 g/mol. The van der Waals surface area contributed by atoms with Crippen molar-refractivity contribution in [3.63, 3.8) is 0 Å². The number of rotatable bonds is 3. The zero-order chi connectivity index (χ0) is 19.0. The number of benzene rings is 2. The maximum atomic E-state index is 12.9. The average Bonchev–Trinajstić information content (AvgIpc) is 2.53. The molecule has 0 saturated carbocycles. The van der Waals surface area contributed by atoms with Gasteiger partial charge in [0.1, 0.15) is 5.75 Å². The molecule has 1 N–H and O–H groups in total. The van der Waals surface area contributed by atoms with Crippen molar-refractivity contribution in [3.8, 4) is 16.9 Å². The van der Waals surface area contributed by atoms with E-state index in [2.05, 4.69) is 0 Å². The van der Waals surface area contributed by atoms with Crippen LogP contribution in [0.1, 0.15) is 31.8 Å². The molecule has 2 aromatic rings. The van der Waals surface area contributed by atoms with Crippen molar-refractivity contribution < 1.29 is 41.0 Å². The van der Waals surface area contributed by atoms with E-state index in [1.54, 1.807) is 0 Å². The number of halogens is 6. The molecule has 25 heavy (non-hydrogen) atoms. The molecule has 0 aliphatic rings. The van der Waals surface area contributed by atoms with Crippen LogP contribution in [0.15, 0.2) is 30.3 Å². The molecule has 0 unspecified atom stereocenters. The third-order valence-corrected chi connectivity index (χ3v) is 3.34. The molecule has 0 radical (unpaired) electrons. The molecule has 0 aromatic heterocycles. The Morgan fingerprint density at radius 1 is 0.680 bits per heavy atom. The van der Waals surface area contributed by atoms with Gasteiger partial charge in [-0.1, -0.05) is 0 Å². The predicted molar refractivity (Wildman–Crippen MR) is 74.3 cm³/mol. The molecule has 0 fully saturated rings. The van der Waals surface area contributed by atoms with Crippen LogP contribution in [0, 0.1) is 0 Å². The predicted octanol–water partition coefficient (Wildman–Crippen LogP) is 4.72. The molecular formula is C16H8F6O3. The highest BCUT2D eigenvalue weighted by Gasteiger charge is 2.37. The second-order valence-corrected chi connectivity index (χ2v) is 5.03. The molecule has 0 heterocycles. The van der Waals surface area contributed by atoms with Gasteiger partial charge in [-0.05, 0) is 41.5 Å². The van der Waals surface area contributed by atoms with Crippen LogP contribution >= 0.6 is 0 Å². The van der Waals surface area contributed by atoms with Crippen molar-refractivity contribution >= 4 is 12.6 Å². The molecule has 3 nitrogen and oxygen atoms in total. The summed E-state index contributed by atoms with van der Waals surface area (Å²) < 4.78 is 77.3. The van der Waals surface area contributed by atoms with Gasteiger partial charge < -0.3 is 5.11 Å². The lowest BCUT2D eigenvalue weighted by Crippen LogP contribution is -2.11. The fraction of sp³-hybridized carbons (Fsp3) is 0.125. The maximum absolute atomic E-state index is 12.9. The second-order valence-electron chi connectivity index (χ2n) is 5.03. The molecule has 0 spiro atoms. The van der Waals surface area contributed by atoms with E-state index >= 15 is 0 Å². The molecule has 0 aliphatic carbocycles. The van der Waals surface area contributed by atoms with E-state index in [0.29, 0.717) is 12.1 Å². The summed E-state index contributed by atoms with van der Waals surface area (Å²) in [6.07, 6.45) is -9.81. The maximum Gasteiger partial charge on any atom is 0.416 e. The first-order chi connectivity index (χ1) is 11.5. The summed E-state index contributed by atoms with van der Waals surface area (Å²) in [6.45, 7) is 0. The number of carbonyl (C=O) groups is 2. The number of aromatic hydroxyl groups is 1. The summed E-state index contributed by atoms with van der Waals surface area (Å²) >= 11 is 0. The summed E-state index contributed by atoms with van der Waals surface area (Å²) in [4.78, 5) is 21.8.